The Hall–Kier alpha value is -0.770. The Bertz CT molecular complexity index is 197. The lowest BCUT2D eigenvalue weighted by Crippen LogP contribution is -2.39. The van der Waals surface area contributed by atoms with Crippen molar-refractivity contribution in [3.8, 4) is 0 Å². The quantitative estimate of drug-likeness (QED) is 0.682. The van der Waals surface area contributed by atoms with Crippen LogP contribution in [0.4, 0.5) is 4.79 Å². The molecule has 2 N–H and O–H groups in total. The smallest absolute Gasteiger partial charge is 0.314 e. The third-order valence-corrected chi connectivity index (χ3v) is 2.87. The number of carbonyl (C=O) groups is 1. The van der Waals surface area contributed by atoms with Crippen LogP contribution >= 0.6 is 0 Å². The van der Waals surface area contributed by atoms with Gasteiger partial charge in [0, 0.05) is 25.6 Å². The minimum Gasteiger partial charge on any atom is -0.378 e. The fourth-order valence-corrected chi connectivity index (χ4v) is 1.71. The van der Waals surface area contributed by atoms with Gasteiger partial charge in [0.1, 0.15) is 0 Å². The van der Waals surface area contributed by atoms with Crippen molar-refractivity contribution in [3.63, 3.8) is 0 Å². The lowest BCUT2D eigenvalue weighted by molar-refractivity contribution is 0.106. The molecular formula is C11H22N2O2. The van der Waals surface area contributed by atoms with Gasteiger partial charge in [-0.05, 0) is 19.8 Å². The van der Waals surface area contributed by atoms with E-state index in [1.165, 1.54) is 0 Å². The summed E-state index contributed by atoms with van der Waals surface area (Å²) in [4.78, 5) is 11.3. The van der Waals surface area contributed by atoms with Crippen molar-refractivity contribution in [3.05, 3.63) is 0 Å². The summed E-state index contributed by atoms with van der Waals surface area (Å²) >= 11 is 0. The van der Waals surface area contributed by atoms with Crippen LogP contribution in [0.15, 0.2) is 0 Å². The zero-order chi connectivity index (χ0) is 11.1. The van der Waals surface area contributed by atoms with Crippen molar-refractivity contribution >= 4 is 6.03 Å². The number of nitrogens with one attached hydrogen (secondary N) is 2. The highest BCUT2D eigenvalue weighted by Crippen LogP contribution is 2.18. The molecule has 88 valence electrons. The summed E-state index contributed by atoms with van der Waals surface area (Å²) in [7, 11) is 0. The van der Waals surface area contributed by atoms with Gasteiger partial charge in [0.2, 0.25) is 0 Å². The number of hydrogen-bond donors (Lipinski definition) is 2. The molecule has 0 aromatic heterocycles. The molecule has 1 aliphatic heterocycles. The van der Waals surface area contributed by atoms with Gasteiger partial charge >= 0.3 is 6.03 Å². The predicted molar refractivity (Wildman–Crippen MR) is 59.8 cm³/mol. The van der Waals surface area contributed by atoms with Crippen molar-refractivity contribution in [1.82, 2.24) is 10.6 Å². The van der Waals surface area contributed by atoms with Gasteiger partial charge in [-0.1, -0.05) is 13.3 Å². The highest BCUT2D eigenvalue weighted by molar-refractivity contribution is 5.73. The minimum atomic E-state index is -0.0532. The van der Waals surface area contributed by atoms with E-state index in [2.05, 4.69) is 24.5 Å². The van der Waals surface area contributed by atoms with Crippen LogP contribution in [0.3, 0.4) is 0 Å². The second-order valence-corrected chi connectivity index (χ2v) is 4.12. The molecule has 4 heteroatoms. The van der Waals surface area contributed by atoms with E-state index in [1.54, 1.807) is 0 Å². The number of ether oxygens (including phenoxy) is 1. The van der Waals surface area contributed by atoms with Gasteiger partial charge in [-0.3, -0.25) is 0 Å². The molecule has 1 aliphatic rings. The maximum atomic E-state index is 11.3. The van der Waals surface area contributed by atoms with E-state index >= 15 is 0 Å². The molecule has 1 saturated heterocycles. The van der Waals surface area contributed by atoms with Crippen LogP contribution < -0.4 is 10.6 Å². The molecule has 0 aliphatic carbocycles. The largest absolute Gasteiger partial charge is 0.378 e. The summed E-state index contributed by atoms with van der Waals surface area (Å²) < 4.78 is 5.42. The van der Waals surface area contributed by atoms with E-state index < -0.39 is 0 Å². The molecule has 1 fully saturated rings. The average Bonchev–Trinajstić information content (AvgIpc) is 2.61. The van der Waals surface area contributed by atoms with Crippen LogP contribution in [0.5, 0.6) is 0 Å². The molecule has 2 unspecified atom stereocenters. The zero-order valence-electron chi connectivity index (χ0n) is 9.71. The van der Waals surface area contributed by atoms with Gasteiger partial charge in [-0.25, -0.2) is 4.79 Å². The van der Waals surface area contributed by atoms with Crippen LogP contribution in [-0.2, 0) is 4.74 Å². The molecule has 2 atom stereocenters. The number of hydrogen-bond acceptors (Lipinski definition) is 2. The second kappa shape index (κ2) is 6.67. The molecule has 0 aromatic rings. The van der Waals surface area contributed by atoms with Gasteiger partial charge in [-0.2, -0.15) is 0 Å². The normalized spacial score (nSPS) is 25.2. The topological polar surface area (TPSA) is 50.4 Å². The molecule has 1 heterocycles. The third kappa shape index (κ3) is 4.51. The van der Waals surface area contributed by atoms with E-state index in [0.29, 0.717) is 5.92 Å². The summed E-state index contributed by atoms with van der Waals surface area (Å²) in [5, 5.41) is 5.72. The summed E-state index contributed by atoms with van der Waals surface area (Å²) in [6.45, 7) is 6.48. The molecule has 2 amide bonds. The van der Waals surface area contributed by atoms with Crippen LogP contribution in [0.1, 0.15) is 33.1 Å². The third-order valence-electron chi connectivity index (χ3n) is 2.87. The standard InChI is InChI=1S/C11H22N2O2/c1-3-4-6-12-11(14)13-8-10-5-7-15-9(10)2/h9-10H,3-8H2,1-2H3,(H2,12,13,14). The molecule has 4 nitrogen and oxygen atoms in total. The Morgan fingerprint density at radius 2 is 2.27 bits per heavy atom. The summed E-state index contributed by atoms with van der Waals surface area (Å²) in [5.74, 6) is 0.474. The van der Waals surface area contributed by atoms with Gasteiger partial charge in [0.05, 0.1) is 6.10 Å². The monoisotopic (exact) mass is 214 g/mol. The molecule has 0 saturated carbocycles. The Morgan fingerprint density at radius 1 is 1.47 bits per heavy atom. The van der Waals surface area contributed by atoms with Gasteiger partial charge in [0.15, 0.2) is 0 Å². The Kier molecular flexibility index (Phi) is 5.47. The number of rotatable bonds is 5. The van der Waals surface area contributed by atoms with E-state index in [1.807, 2.05) is 0 Å². The molecular weight excluding hydrogens is 192 g/mol. The van der Waals surface area contributed by atoms with Crippen molar-refractivity contribution in [2.75, 3.05) is 19.7 Å². The van der Waals surface area contributed by atoms with Gasteiger partial charge in [0.25, 0.3) is 0 Å². The number of unbranched alkanes of at least 4 members (excludes halogenated alkanes) is 1. The van der Waals surface area contributed by atoms with Crippen molar-refractivity contribution in [1.29, 1.82) is 0 Å². The Balaban J connectivity index is 2.05. The molecule has 0 bridgehead atoms. The van der Waals surface area contributed by atoms with Gasteiger partial charge in [-0.15, -0.1) is 0 Å². The Morgan fingerprint density at radius 3 is 2.87 bits per heavy atom. The number of carbonyl (C=O) groups excluding carboxylic acids is 1. The lowest BCUT2D eigenvalue weighted by Gasteiger charge is -2.14. The summed E-state index contributed by atoms with van der Waals surface area (Å²) in [6.07, 6.45) is 3.47. The van der Waals surface area contributed by atoms with Crippen LogP contribution in [0.2, 0.25) is 0 Å². The van der Waals surface area contributed by atoms with Gasteiger partial charge < -0.3 is 15.4 Å². The van der Waals surface area contributed by atoms with E-state index in [-0.39, 0.29) is 12.1 Å². The first-order chi connectivity index (χ1) is 7.24. The molecule has 0 aromatic carbocycles. The highest BCUT2D eigenvalue weighted by atomic mass is 16.5. The zero-order valence-corrected chi connectivity index (χ0v) is 9.71. The first-order valence-electron chi connectivity index (χ1n) is 5.87. The van der Waals surface area contributed by atoms with E-state index in [4.69, 9.17) is 4.74 Å². The minimum absolute atomic E-state index is 0.0532. The Labute approximate surface area is 91.8 Å². The molecule has 1 rings (SSSR count). The lowest BCUT2D eigenvalue weighted by atomic mass is 10.0. The van der Waals surface area contributed by atoms with Crippen molar-refractivity contribution < 1.29 is 9.53 Å². The fourth-order valence-electron chi connectivity index (χ4n) is 1.71. The SMILES string of the molecule is CCCCNC(=O)NCC1CCOC1C. The van der Waals surface area contributed by atoms with E-state index in [9.17, 15) is 4.79 Å². The molecule has 15 heavy (non-hydrogen) atoms. The van der Waals surface area contributed by atoms with Crippen LogP contribution in [0.25, 0.3) is 0 Å². The number of amides is 2. The highest BCUT2D eigenvalue weighted by Gasteiger charge is 2.24. The van der Waals surface area contributed by atoms with Crippen LogP contribution in [0, 0.1) is 5.92 Å². The summed E-state index contributed by atoms with van der Waals surface area (Å²) in [6, 6.07) is -0.0532. The maximum Gasteiger partial charge on any atom is 0.314 e. The first kappa shape index (κ1) is 12.3. The van der Waals surface area contributed by atoms with E-state index in [0.717, 1.165) is 39.0 Å². The second-order valence-electron chi connectivity index (χ2n) is 4.12. The van der Waals surface area contributed by atoms with Crippen molar-refractivity contribution in [2.45, 2.75) is 39.2 Å². The van der Waals surface area contributed by atoms with Crippen LogP contribution in [-0.4, -0.2) is 31.8 Å². The summed E-state index contributed by atoms with van der Waals surface area (Å²) in [5.41, 5.74) is 0. The fraction of sp³-hybridized carbons (Fsp3) is 0.909. The molecule has 0 spiro atoms. The van der Waals surface area contributed by atoms with Crippen molar-refractivity contribution in [2.24, 2.45) is 5.92 Å². The predicted octanol–water partition coefficient (Wildman–Crippen LogP) is 1.51. The average molecular weight is 214 g/mol. The maximum absolute atomic E-state index is 11.3. The number of urea groups is 1. The molecule has 0 radical (unpaired) electrons. The first-order valence-corrected chi connectivity index (χ1v) is 5.87.